The van der Waals surface area contributed by atoms with Gasteiger partial charge in [0.2, 0.25) is 16.0 Å². The van der Waals surface area contributed by atoms with E-state index in [4.69, 9.17) is 0 Å². The van der Waals surface area contributed by atoms with E-state index in [0.717, 1.165) is 10.6 Å². The van der Waals surface area contributed by atoms with E-state index in [-0.39, 0.29) is 29.6 Å². The first-order chi connectivity index (χ1) is 7.74. The van der Waals surface area contributed by atoms with E-state index in [9.17, 15) is 8.42 Å². The van der Waals surface area contributed by atoms with Crippen molar-refractivity contribution >= 4 is 56.9 Å². The van der Waals surface area contributed by atoms with Crippen LogP contribution in [0, 0.1) is 0 Å². The van der Waals surface area contributed by atoms with E-state index in [1.165, 1.54) is 11.3 Å². The molecule has 5 nitrogen and oxygen atoms in total. The third kappa shape index (κ3) is 4.72. The molecular weight excluding hydrogens is 269 g/mol. The van der Waals surface area contributed by atoms with Gasteiger partial charge in [0.1, 0.15) is 5.01 Å². The molecule has 0 bridgehead atoms. The normalized spacial score (nSPS) is 9.94. The molecule has 0 fully saturated rings. The molecule has 1 N–H and O–H groups in total. The predicted octanol–water partition coefficient (Wildman–Crippen LogP) is 0.686. The summed E-state index contributed by atoms with van der Waals surface area (Å²) in [5, 5.41) is 8.72. The first-order valence-electron chi connectivity index (χ1n) is 4.51. The molecular formula is C9H9N3NaO2S2. The molecule has 0 saturated heterocycles. The van der Waals surface area contributed by atoms with Crippen LogP contribution < -0.4 is 4.72 Å². The number of aromatic nitrogens is 2. The Morgan fingerprint density at radius 1 is 1.18 bits per heavy atom. The number of nitrogens with one attached hydrogen (secondary N) is 1. The van der Waals surface area contributed by atoms with Gasteiger partial charge in [0.15, 0.2) is 0 Å². The first-order valence-corrected chi connectivity index (χ1v) is 6.51. The van der Waals surface area contributed by atoms with Gasteiger partial charge in [0.05, 0.1) is 0 Å². The van der Waals surface area contributed by atoms with Crippen molar-refractivity contribution in [2.75, 3.05) is 4.72 Å². The summed E-state index contributed by atoms with van der Waals surface area (Å²) < 4.78 is 23.0. The number of rotatable bonds is 4. The standard InChI is InChI=1S/C9H9N3O2S2.Na/c13-16(14)12-9-11-10-8(15-9)6-7-4-2-1-3-5-7;/h1-5,16H,6H2,(H,11,12,13,14);. The molecule has 1 radical (unpaired) electrons. The molecule has 85 valence electrons. The molecule has 0 aliphatic carbocycles. The summed E-state index contributed by atoms with van der Waals surface area (Å²) in [5.41, 5.74) is 1.12. The van der Waals surface area contributed by atoms with Crippen molar-refractivity contribution in [1.29, 1.82) is 0 Å². The zero-order chi connectivity index (χ0) is 11.4. The van der Waals surface area contributed by atoms with Crippen LogP contribution in [0.4, 0.5) is 5.13 Å². The molecule has 0 unspecified atom stereocenters. The van der Waals surface area contributed by atoms with Crippen molar-refractivity contribution in [2.24, 2.45) is 0 Å². The maximum absolute atomic E-state index is 10.4. The molecule has 1 heterocycles. The molecule has 8 heteroatoms. The van der Waals surface area contributed by atoms with Crippen LogP contribution in [0.1, 0.15) is 10.6 Å². The van der Waals surface area contributed by atoms with Crippen molar-refractivity contribution < 1.29 is 8.42 Å². The van der Waals surface area contributed by atoms with Crippen LogP contribution in [0.25, 0.3) is 0 Å². The van der Waals surface area contributed by atoms with Crippen LogP contribution in [0.15, 0.2) is 30.3 Å². The minimum absolute atomic E-state index is 0. The summed E-state index contributed by atoms with van der Waals surface area (Å²) in [6.07, 6.45) is 0.663. The molecule has 1 aromatic carbocycles. The number of hydrogen-bond donors (Lipinski definition) is 2. The van der Waals surface area contributed by atoms with Crippen LogP contribution in [0.2, 0.25) is 0 Å². The van der Waals surface area contributed by atoms with Gasteiger partial charge >= 0.3 is 0 Å². The van der Waals surface area contributed by atoms with Crippen LogP contribution in [0.3, 0.4) is 0 Å². The van der Waals surface area contributed by atoms with E-state index < -0.39 is 10.9 Å². The van der Waals surface area contributed by atoms with E-state index in [1.807, 2.05) is 30.3 Å². The Morgan fingerprint density at radius 2 is 1.88 bits per heavy atom. The molecule has 0 atom stereocenters. The zero-order valence-electron chi connectivity index (χ0n) is 9.16. The van der Waals surface area contributed by atoms with Gasteiger partial charge < -0.3 is 0 Å². The molecule has 17 heavy (non-hydrogen) atoms. The molecule has 2 aromatic rings. The summed E-state index contributed by atoms with van der Waals surface area (Å²) in [6, 6.07) is 9.82. The average Bonchev–Trinajstić information content (AvgIpc) is 2.66. The van der Waals surface area contributed by atoms with Crippen molar-refractivity contribution in [1.82, 2.24) is 10.2 Å². The number of anilines is 1. The molecule has 2 rings (SSSR count). The van der Waals surface area contributed by atoms with E-state index in [1.54, 1.807) is 0 Å². The Balaban J connectivity index is 0.00000144. The minimum atomic E-state index is -2.66. The van der Waals surface area contributed by atoms with Gasteiger partial charge in [0, 0.05) is 36.0 Å². The van der Waals surface area contributed by atoms with Crippen molar-refractivity contribution in [3.63, 3.8) is 0 Å². The van der Waals surface area contributed by atoms with Gasteiger partial charge in [-0.25, -0.2) is 8.42 Å². The van der Waals surface area contributed by atoms with Crippen LogP contribution in [0.5, 0.6) is 0 Å². The molecule has 0 aliphatic heterocycles. The second-order valence-corrected chi connectivity index (χ2v) is 4.83. The maximum Gasteiger partial charge on any atom is 0.224 e. The van der Waals surface area contributed by atoms with E-state index in [0.29, 0.717) is 11.6 Å². The van der Waals surface area contributed by atoms with Crippen LogP contribution >= 0.6 is 11.3 Å². The fourth-order valence-electron chi connectivity index (χ4n) is 1.22. The third-order valence-corrected chi connectivity index (χ3v) is 3.24. The molecule has 0 amide bonds. The fourth-order valence-corrected chi connectivity index (χ4v) is 2.45. The van der Waals surface area contributed by atoms with Crippen LogP contribution in [-0.2, 0) is 17.3 Å². The topological polar surface area (TPSA) is 72.0 Å². The smallest absolute Gasteiger partial charge is 0.224 e. The fraction of sp³-hybridized carbons (Fsp3) is 0.111. The van der Waals surface area contributed by atoms with Gasteiger partial charge in [-0.1, -0.05) is 41.7 Å². The third-order valence-electron chi connectivity index (χ3n) is 1.85. The van der Waals surface area contributed by atoms with E-state index >= 15 is 0 Å². The van der Waals surface area contributed by atoms with Crippen molar-refractivity contribution in [3.05, 3.63) is 40.9 Å². The number of hydrogen-bond acceptors (Lipinski definition) is 5. The predicted molar refractivity (Wildman–Crippen MR) is 68.8 cm³/mol. The maximum atomic E-state index is 10.4. The van der Waals surface area contributed by atoms with Crippen molar-refractivity contribution in [3.8, 4) is 0 Å². The number of thiol groups is 1. The second-order valence-electron chi connectivity index (χ2n) is 3.03. The van der Waals surface area contributed by atoms with Gasteiger partial charge in [-0.05, 0) is 5.56 Å². The summed E-state index contributed by atoms with van der Waals surface area (Å²) in [4.78, 5) is 0. The molecule has 1 aromatic heterocycles. The Bertz CT molecular complexity index is 534. The number of nitrogens with zero attached hydrogens (tertiary/aromatic N) is 2. The minimum Gasteiger partial charge on any atom is -0.259 e. The Kier molecular flexibility index (Phi) is 6.07. The SMILES string of the molecule is O=[SH](=O)Nc1nnc(Cc2ccccc2)s1.[Na]. The summed E-state index contributed by atoms with van der Waals surface area (Å²) in [6.45, 7) is 0. The van der Waals surface area contributed by atoms with Crippen molar-refractivity contribution in [2.45, 2.75) is 6.42 Å². The number of benzene rings is 1. The quantitative estimate of drug-likeness (QED) is 0.637. The van der Waals surface area contributed by atoms with Gasteiger partial charge in [-0.3, -0.25) is 4.72 Å². The van der Waals surface area contributed by atoms with Crippen LogP contribution in [-0.4, -0.2) is 48.2 Å². The first kappa shape index (κ1) is 14.6. The molecule has 0 aliphatic rings. The van der Waals surface area contributed by atoms with Gasteiger partial charge in [-0.2, -0.15) is 0 Å². The summed E-state index contributed by atoms with van der Waals surface area (Å²) in [5.74, 6) is 0. The largest absolute Gasteiger partial charge is 0.259 e. The molecule has 0 spiro atoms. The zero-order valence-corrected chi connectivity index (χ0v) is 12.9. The Morgan fingerprint density at radius 3 is 2.53 bits per heavy atom. The second kappa shape index (κ2) is 7.07. The van der Waals surface area contributed by atoms with E-state index in [2.05, 4.69) is 14.9 Å². The van der Waals surface area contributed by atoms with Gasteiger partial charge in [0.25, 0.3) is 0 Å². The summed E-state index contributed by atoms with van der Waals surface area (Å²) in [7, 11) is -2.66. The summed E-state index contributed by atoms with van der Waals surface area (Å²) >= 11 is 1.24. The Hall–Kier alpha value is -0.470. The monoisotopic (exact) mass is 278 g/mol. The Labute approximate surface area is 127 Å². The molecule has 0 saturated carbocycles. The average molecular weight is 278 g/mol. The van der Waals surface area contributed by atoms with Gasteiger partial charge in [-0.15, -0.1) is 10.2 Å².